The van der Waals surface area contributed by atoms with Crippen LogP contribution < -0.4 is 10.9 Å². The van der Waals surface area contributed by atoms with Gasteiger partial charge in [0.2, 0.25) is 0 Å². The minimum atomic E-state index is -0.601. The fraction of sp³-hybridized carbons (Fsp3) is 0.179. The molecule has 1 heterocycles. The number of benzene rings is 3. The van der Waals surface area contributed by atoms with Crippen LogP contribution in [-0.4, -0.2) is 29.6 Å². The number of pyridine rings is 1. The second-order valence-electron chi connectivity index (χ2n) is 8.49. The number of carbonyl (C=O) groups excluding carboxylic acids is 2. The maximum Gasteiger partial charge on any atom is 0.355 e. The zero-order chi connectivity index (χ0) is 25.1. The summed E-state index contributed by atoms with van der Waals surface area (Å²) in [6, 6.07) is 21.9. The van der Waals surface area contributed by atoms with Gasteiger partial charge in [0, 0.05) is 27.0 Å². The van der Waals surface area contributed by atoms with Gasteiger partial charge in [-0.25, -0.2) is 4.79 Å². The molecule has 1 amide bonds. The third-order valence-electron chi connectivity index (χ3n) is 5.65. The van der Waals surface area contributed by atoms with Gasteiger partial charge >= 0.3 is 5.97 Å². The van der Waals surface area contributed by atoms with Crippen molar-refractivity contribution in [3.05, 3.63) is 104 Å². The average molecular weight is 533 g/mol. The monoisotopic (exact) mass is 532 g/mol. The van der Waals surface area contributed by atoms with Crippen molar-refractivity contribution in [3.8, 4) is 11.1 Å². The van der Waals surface area contributed by atoms with E-state index in [1.807, 2.05) is 56.3 Å². The Kier molecular flexibility index (Phi) is 7.17. The van der Waals surface area contributed by atoms with Crippen molar-refractivity contribution in [2.75, 3.05) is 7.11 Å². The summed E-state index contributed by atoms with van der Waals surface area (Å²) in [5.74, 6) is -0.766. The van der Waals surface area contributed by atoms with E-state index in [2.05, 4.69) is 21.2 Å². The molecule has 0 spiro atoms. The van der Waals surface area contributed by atoms with Gasteiger partial charge in [0.15, 0.2) is 0 Å². The number of aromatic nitrogens is 1. The highest BCUT2D eigenvalue weighted by Crippen LogP contribution is 2.33. The second kappa shape index (κ2) is 10.3. The van der Waals surface area contributed by atoms with Crippen molar-refractivity contribution >= 4 is 38.6 Å². The molecular formula is C28H25BrN2O4. The smallest absolute Gasteiger partial charge is 0.355 e. The van der Waals surface area contributed by atoms with E-state index in [0.29, 0.717) is 21.9 Å². The predicted octanol–water partition coefficient (Wildman–Crippen LogP) is 5.40. The van der Waals surface area contributed by atoms with Gasteiger partial charge in [-0.2, -0.15) is 0 Å². The first-order valence-electron chi connectivity index (χ1n) is 11.2. The molecule has 0 radical (unpaired) electrons. The molecule has 1 aromatic heterocycles. The molecule has 0 atom stereocenters. The fourth-order valence-corrected chi connectivity index (χ4v) is 4.43. The van der Waals surface area contributed by atoms with Gasteiger partial charge in [-0.05, 0) is 60.7 Å². The number of nitrogens with one attached hydrogen (secondary N) is 1. The Labute approximate surface area is 211 Å². The highest BCUT2D eigenvalue weighted by atomic mass is 79.9. The largest absolute Gasteiger partial charge is 0.464 e. The Hall–Kier alpha value is -3.71. The summed E-state index contributed by atoms with van der Waals surface area (Å²) in [6.45, 7) is 3.94. The van der Waals surface area contributed by atoms with E-state index < -0.39 is 5.97 Å². The van der Waals surface area contributed by atoms with Crippen LogP contribution in [0.2, 0.25) is 0 Å². The molecule has 0 unspecified atom stereocenters. The van der Waals surface area contributed by atoms with Crippen LogP contribution in [0.25, 0.3) is 21.9 Å². The van der Waals surface area contributed by atoms with Gasteiger partial charge in [-0.1, -0.05) is 58.4 Å². The van der Waals surface area contributed by atoms with Gasteiger partial charge in [0.1, 0.15) is 5.69 Å². The first-order chi connectivity index (χ1) is 16.8. The highest BCUT2D eigenvalue weighted by molar-refractivity contribution is 9.10. The number of hydrogen-bond donors (Lipinski definition) is 1. The van der Waals surface area contributed by atoms with Gasteiger partial charge < -0.3 is 10.1 Å². The molecule has 0 aliphatic heterocycles. The number of ether oxygens (including phenoxy) is 1. The Morgan fingerprint density at radius 3 is 2.29 bits per heavy atom. The summed E-state index contributed by atoms with van der Waals surface area (Å²) in [5, 5.41) is 4.01. The molecule has 0 fully saturated rings. The van der Waals surface area contributed by atoms with E-state index >= 15 is 0 Å². The molecule has 0 saturated heterocycles. The van der Waals surface area contributed by atoms with Crippen molar-refractivity contribution in [1.29, 1.82) is 0 Å². The Morgan fingerprint density at radius 1 is 0.971 bits per heavy atom. The zero-order valence-electron chi connectivity index (χ0n) is 19.7. The zero-order valence-corrected chi connectivity index (χ0v) is 21.3. The van der Waals surface area contributed by atoms with Crippen LogP contribution in [0.1, 0.15) is 40.3 Å². The van der Waals surface area contributed by atoms with E-state index in [1.165, 1.54) is 11.7 Å². The third-order valence-corrected chi connectivity index (χ3v) is 6.14. The third kappa shape index (κ3) is 5.05. The molecule has 0 bridgehead atoms. The van der Waals surface area contributed by atoms with Crippen LogP contribution in [0, 0.1) is 0 Å². The lowest BCUT2D eigenvalue weighted by Gasteiger charge is -2.19. The molecule has 7 heteroatoms. The number of carbonyl (C=O) groups is 2. The first-order valence-corrected chi connectivity index (χ1v) is 12.0. The van der Waals surface area contributed by atoms with Crippen LogP contribution in [0.5, 0.6) is 0 Å². The molecular weight excluding hydrogens is 508 g/mol. The summed E-state index contributed by atoms with van der Waals surface area (Å²) in [4.78, 5) is 39.0. The van der Waals surface area contributed by atoms with Crippen molar-refractivity contribution in [1.82, 2.24) is 9.88 Å². The van der Waals surface area contributed by atoms with E-state index in [4.69, 9.17) is 4.74 Å². The quantitative estimate of drug-likeness (QED) is 0.337. The molecule has 0 aliphatic carbocycles. The maximum atomic E-state index is 13.6. The number of rotatable bonds is 6. The molecule has 4 aromatic rings. The molecule has 0 aliphatic rings. The fourth-order valence-electron chi connectivity index (χ4n) is 4.07. The maximum absolute atomic E-state index is 13.6. The Bertz CT molecular complexity index is 1460. The highest BCUT2D eigenvalue weighted by Gasteiger charge is 2.24. The predicted molar refractivity (Wildman–Crippen MR) is 141 cm³/mol. The standard InChI is InChI=1S/C28H25BrN2O4/c1-17(2)30-26(32)20-11-9-18(10-12-20)16-31-25(28(34)35-3)24(19-7-5-4-6-8-19)23-15-21(29)13-14-22(23)27(31)33/h4-15,17H,16H2,1-3H3,(H,30,32). The normalized spacial score (nSPS) is 11.0. The summed E-state index contributed by atoms with van der Waals surface area (Å²) >= 11 is 3.49. The number of halogens is 1. The lowest BCUT2D eigenvalue weighted by molar-refractivity contribution is 0.0588. The lowest BCUT2D eigenvalue weighted by Crippen LogP contribution is -2.30. The van der Waals surface area contributed by atoms with Crippen LogP contribution in [0.4, 0.5) is 0 Å². The minimum Gasteiger partial charge on any atom is -0.464 e. The SMILES string of the molecule is COC(=O)c1c(-c2ccccc2)c2cc(Br)ccc2c(=O)n1Cc1ccc(C(=O)NC(C)C)cc1. The summed E-state index contributed by atoms with van der Waals surface area (Å²) in [7, 11) is 1.30. The van der Waals surface area contributed by atoms with Gasteiger partial charge in [0.25, 0.3) is 11.5 Å². The van der Waals surface area contributed by atoms with Gasteiger partial charge in [-0.3, -0.25) is 14.2 Å². The number of esters is 1. The van der Waals surface area contributed by atoms with Gasteiger partial charge in [-0.15, -0.1) is 0 Å². The summed E-state index contributed by atoms with van der Waals surface area (Å²) < 4.78 is 7.38. The second-order valence-corrected chi connectivity index (χ2v) is 9.40. The topological polar surface area (TPSA) is 77.4 Å². The van der Waals surface area contributed by atoms with Crippen LogP contribution in [0.15, 0.2) is 82.1 Å². The number of amides is 1. The Balaban J connectivity index is 1.92. The van der Waals surface area contributed by atoms with Crippen LogP contribution in [-0.2, 0) is 11.3 Å². The number of nitrogens with zero attached hydrogens (tertiary/aromatic N) is 1. The van der Waals surface area contributed by atoms with Crippen LogP contribution >= 0.6 is 15.9 Å². The number of hydrogen-bond acceptors (Lipinski definition) is 4. The van der Waals surface area contributed by atoms with Crippen LogP contribution in [0.3, 0.4) is 0 Å². The average Bonchev–Trinajstić information content (AvgIpc) is 2.85. The van der Waals surface area contributed by atoms with Crippen molar-refractivity contribution in [3.63, 3.8) is 0 Å². The summed E-state index contributed by atoms with van der Waals surface area (Å²) in [6.07, 6.45) is 0. The lowest BCUT2D eigenvalue weighted by atomic mass is 9.96. The van der Waals surface area contributed by atoms with E-state index in [-0.39, 0.29) is 29.7 Å². The van der Waals surface area contributed by atoms with Crippen molar-refractivity contribution in [2.45, 2.75) is 26.4 Å². The number of fused-ring (bicyclic) bond motifs is 1. The molecule has 0 saturated carbocycles. The Morgan fingerprint density at radius 2 is 1.66 bits per heavy atom. The van der Waals surface area contributed by atoms with Gasteiger partial charge in [0.05, 0.1) is 13.7 Å². The summed E-state index contributed by atoms with van der Waals surface area (Å²) in [5.41, 5.74) is 2.60. The molecule has 1 N–H and O–H groups in total. The first kappa shape index (κ1) is 24.4. The minimum absolute atomic E-state index is 0.0254. The molecule has 3 aromatic carbocycles. The molecule has 4 rings (SSSR count). The number of methoxy groups -OCH3 is 1. The van der Waals surface area contributed by atoms with E-state index in [0.717, 1.165) is 15.6 Å². The molecule has 178 valence electrons. The molecule has 6 nitrogen and oxygen atoms in total. The molecule has 35 heavy (non-hydrogen) atoms. The van der Waals surface area contributed by atoms with E-state index in [9.17, 15) is 14.4 Å². The van der Waals surface area contributed by atoms with Crippen molar-refractivity contribution in [2.24, 2.45) is 0 Å². The van der Waals surface area contributed by atoms with E-state index in [1.54, 1.807) is 30.3 Å². The van der Waals surface area contributed by atoms with Crippen molar-refractivity contribution < 1.29 is 14.3 Å².